The number of imidazole rings is 2. The Labute approximate surface area is 775 Å². The maximum absolute atomic E-state index is 12.6. The van der Waals surface area contributed by atoms with Crippen LogP contribution < -0.4 is 47.5 Å². The van der Waals surface area contributed by atoms with Gasteiger partial charge < -0.3 is 79.1 Å². The molecule has 2 radical (unpaired) electrons. The van der Waals surface area contributed by atoms with Crippen molar-refractivity contribution in [2.45, 2.75) is 145 Å². The van der Waals surface area contributed by atoms with Gasteiger partial charge in [-0.1, -0.05) is 38.1 Å². The van der Waals surface area contributed by atoms with E-state index in [0.717, 1.165) is 37.3 Å². The van der Waals surface area contributed by atoms with Crippen LogP contribution in [0.15, 0.2) is 86.0 Å². The number of esters is 8. The second-order valence-corrected chi connectivity index (χ2v) is 44.0. The summed E-state index contributed by atoms with van der Waals surface area (Å²) in [7, 11) is -15.0. The normalized spacial score (nSPS) is 14.1. The van der Waals surface area contributed by atoms with Gasteiger partial charge in [0.15, 0.2) is 19.4 Å². The molecule has 0 aliphatic heterocycles. The summed E-state index contributed by atoms with van der Waals surface area (Å²) < 4.78 is 121. The van der Waals surface area contributed by atoms with Crippen molar-refractivity contribution in [2.75, 3.05) is 114 Å². The molecule has 0 aliphatic rings. The van der Waals surface area contributed by atoms with Gasteiger partial charge in [0.1, 0.15) is 60.4 Å². The van der Waals surface area contributed by atoms with Crippen molar-refractivity contribution in [1.29, 1.82) is 0 Å². The van der Waals surface area contributed by atoms with Gasteiger partial charge >= 0.3 is 35.8 Å². The van der Waals surface area contributed by atoms with E-state index in [1.807, 2.05) is 13.8 Å². The summed E-state index contributed by atoms with van der Waals surface area (Å²) in [5, 5.41) is 33.6. The first-order chi connectivity index (χ1) is 53.8. The summed E-state index contributed by atoms with van der Waals surface area (Å²) in [5.41, 5.74) is 16.7. The molecule has 0 amide bonds. The Balaban J connectivity index is -0.000000243. The third kappa shape index (κ3) is 74.4. The van der Waals surface area contributed by atoms with E-state index in [0.29, 0.717) is 32.7 Å². The van der Waals surface area contributed by atoms with E-state index in [4.69, 9.17) is 66.6 Å². The van der Waals surface area contributed by atoms with Crippen LogP contribution in [-0.4, -0.2) is 241 Å². The number of aromatic nitrogens is 4. The number of carbonyl (C=O) groups excluding carboxylic acids is 8. The van der Waals surface area contributed by atoms with Crippen LogP contribution in [0.25, 0.3) is 0 Å². The number of halogens is 2. The third-order valence-corrected chi connectivity index (χ3v) is 20.5. The number of nitrogens with one attached hydrogen (secondary N) is 6. The molecule has 10 unspecified atom stereocenters. The number of nitrogens with two attached hydrogens (primary N) is 3. The van der Waals surface area contributed by atoms with Crippen LogP contribution >= 0.6 is 73.1 Å². The minimum absolute atomic E-state index is 0. The summed E-state index contributed by atoms with van der Waals surface area (Å²) in [5.74, 6) is -6.12. The van der Waals surface area contributed by atoms with Crippen molar-refractivity contribution >= 4 is 121 Å². The van der Waals surface area contributed by atoms with Crippen LogP contribution in [0.1, 0.15) is 107 Å². The predicted octanol–water partition coefficient (Wildman–Crippen LogP) is 8.36. The fourth-order valence-electron chi connectivity index (χ4n) is 7.27. The summed E-state index contributed by atoms with van der Waals surface area (Å²) in [4.78, 5) is 116. The van der Waals surface area contributed by atoms with Gasteiger partial charge in [-0.05, 0) is 167 Å². The average Bonchev–Trinajstić information content (AvgIpc) is 1.35. The fraction of sp³-hybridized carbons (Fsp3) is 0.582. The van der Waals surface area contributed by atoms with E-state index < -0.39 is 117 Å². The summed E-state index contributed by atoms with van der Waals surface area (Å²) >= 11 is 9.70. The molecule has 41 nitrogen and oxygen atoms in total. The topological polar surface area (TPSA) is 600 Å². The number of rotatable bonds is 37. The smallest absolute Gasteiger partial charge is 0.323 e. The van der Waals surface area contributed by atoms with Crippen molar-refractivity contribution in [1.82, 2.24) is 54.1 Å². The molecular formula is C67H125Cl2N14O27P7Pr2-2. The minimum Gasteiger partial charge on any atom is -0.508 e. The number of likely N-dealkylation sites (N-methyl/N-ethyl adjacent to an activating group) is 2. The van der Waals surface area contributed by atoms with Crippen molar-refractivity contribution in [2.24, 2.45) is 16.7 Å². The van der Waals surface area contributed by atoms with Gasteiger partial charge in [0.25, 0.3) is 15.0 Å². The first-order valence-electron chi connectivity index (χ1n) is 35.8. The predicted molar refractivity (Wildman–Crippen MR) is 451 cm³/mol. The Hall–Kier alpha value is -3.60. The van der Waals surface area contributed by atoms with Gasteiger partial charge in [-0.2, -0.15) is 0 Å². The summed E-state index contributed by atoms with van der Waals surface area (Å²) in [6.45, 7) is 34.1. The number of hydrogen-bond donors (Lipinski definition) is 13. The van der Waals surface area contributed by atoms with E-state index in [-0.39, 0.29) is 152 Å². The molecule has 0 saturated carbocycles. The number of nitrogens with zero attached hydrogens (tertiary/aromatic N) is 5. The Morgan fingerprint density at radius 3 is 1.17 bits per heavy atom. The molecule has 16 N–H and O–H groups in total. The van der Waals surface area contributed by atoms with Gasteiger partial charge in [0.05, 0.1) is 52.9 Å². The monoisotopic (exact) mass is 2130 g/mol. The number of hydrogen-bond acceptors (Lipinski definition) is 29. The molecule has 0 bridgehead atoms. The molecule has 2 heterocycles. The molecule has 2 aromatic carbocycles. The van der Waals surface area contributed by atoms with Gasteiger partial charge in [0, 0.05) is 154 Å². The van der Waals surface area contributed by atoms with Gasteiger partial charge in [-0.25, -0.2) is 43.0 Å². The number of phenolic OH excluding ortho intramolecular Hbond substituents is 2. The summed E-state index contributed by atoms with van der Waals surface area (Å²) in [6.07, 6.45) is 10.9. The Bertz CT molecular complexity index is 3780. The molecule has 119 heavy (non-hydrogen) atoms. The van der Waals surface area contributed by atoms with Crippen LogP contribution in [0.3, 0.4) is 0 Å². The van der Waals surface area contributed by atoms with Crippen LogP contribution in [0.5, 0.6) is 11.5 Å². The average molecular weight is 2130 g/mol. The van der Waals surface area contributed by atoms with E-state index in [1.54, 1.807) is 126 Å². The zero-order chi connectivity index (χ0) is 91.7. The molecule has 0 saturated heterocycles. The van der Waals surface area contributed by atoms with Crippen LogP contribution in [0.2, 0.25) is 0 Å². The SMILES string of the molecule is CCCOC(=O)C(Cc1ccc(O)cc1)NP(C)(=O)O.CCCOC(=O)C(N)Cc1ccc(O)cc1.CCOC(=O)C(C)NC.CCOC(=O)C(C)NP(C)(=O)N(C)C(C)C(=O)OCC.CCOC(=O)C(C)NP(C)(=O)n1ccnc1.CCOC(=O)[CH-]NP(C)(=O)N[CH-]C(=O)OCC.CP(=O)(Cl)Cl.CP(=O)(O)n1ccnc1.CP(N)(N)=O.[Pr].[Pr]. The number of benzene rings is 2. The molecule has 4 aromatic rings. The van der Waals surface area contributed by atoms with Gasteiger partial charge in [0.2, 0.25) is 28.2 Å². The molecule has 682 valence electrons. The molecule has 52 heteroatoms. The molecule has 10 atom stereocenters. The van der Waals surface area contributed by atoms with E-state index in [1.165, 1.54) is 96.7 Å². The molecule has 0 spiro atoms. The Kier molecular flexibility index (Phi) is 75.2. The molecule has 2 aromatic heterocycles. The number of carbonyl (C=O) groups is 8. The maximum Gasteiger partial charge on any atom is 0.323 e. The zero-order valence-corrected chi connectivity index (χ0v) is 86.6. The minimum atomic E-state index is -3.55. The third-order valence-electron chi connectivity index (χ3n) is 12.9. The molecule has 0 aliphatic carbocycles. The van der Waals surface area contributed by atoms with Crippen LogP contribution in [-0.2, 0) is 121 Å². The summed E-state index contributed by atoms with van der Waals surface area (Å²) in [6, 6.07) is 9.16. The number of phenols is 2. The Morgan fingerprint density at radius 2 is 0.849 bits per heavy atom. The largest absolute Gasteiger partial charge is 0.508 e. The van der Waals surface area contributed by atoms with Crippen molar-refractivity contribution < 1.29 is 211 Å². The van der Waals surface area contributed by atoms with Crippen molar-refractivity contribution in [3.8, 4) is 11.5 Å². The van der Waals surface area contributed by atoms with Gasteiger partial charge in [-0.15, -0.1) is 0 Å². The van der Waals surface area contributed by atoms with Crippen LogP contribution in [0, 0.1) is 95.7 Å². The first kappa shape index (κ1) is 129. The first-order valence-corrected chi connectivity index (χ1v) is 52.6. The van der Waals surface area contributed by atoms with E-state index in [9.17, 15) is 80.3 Å². The standard InChI is InChI=1S/C13H20NO5P.C12H25N2O5P.C12H17NO3.C9H16N3O3P.C9H17N2O5P.C6H13NO2.C4H7N2O2P.CH3Cl2OP.CH7N2OP.2Pr/c1-3-8-19-13(16)12(14-20(2,17)18)9-10-4-6-11(15)7-5-10;1-7-18-11(15)9(3)13-20(6,17)14(5)10(4)12(16)19-8-2;1-2-7-16-12(15)11(13)8-9-3-5-10(14)6-4-9;1-4-15-9(13)8(2)11-16(3,14)12-6-5-10-7-12;1-4-15-8(12)6-10-17(3,14)11-7-9(13)16-5-2;1-4-9-6(8)5(2)7-3;1-9(7,8)6-3-2-5-4-6;2*1-5(2,3)4;;/h4-7,12,15H,3,8-9H2,1-2H3,(H2,14,17,18);9-10H,7-8H2,1-6H3,(H,13,17);3-6,11,14H,2,7-8,13H2,1H3;5-8H,4H2,1-3H3,(H,11,14);6-7H,4-5H2,1-3H3,(H2,10,11,14);5,7H,4H2,1-3H3;2-4H,1H3,(H,7,8);1H3;1H3,(H4,2,3,4);;/q;;;;-2;;;;;;. The van der Waals surface area contributed by atoms with Crippen LogP contribution in [0.4, 0.5) is 0 Å². The second kappa shape index (κ2) is 69.6. The maximum atomic E-state index is 12.6. The van der Waals surface area contributed by atoms with Gasteiger partial charge in [-0.3, -0.25) is 90.0 Å². The molecule has 4 rings (SSSR count). The quantitative estimate of drug-likeness (QED) is 0.00872. The molecule has 0 fully saturated rings. The van der Waals surface area contributed by atoms with E-state index >= 15 is 0 Å². The number of ether oxygens (including phenoxy) is 8. The van der Waals surface area contributed by atoms with Crippen molar-refractivity contribution in [3.05, 3.63) is 110 Å². The molecular weight excluding hydrogens is 2000 g/mol. The Morgan fingerprint density at radius 1 is 0.513 bits per heavy atom. The van der Waals surface area contributed by atoms with Crippen molar-refractivity contribution in [3.63, 3.8) is 0 Å². The fourth-order valence-corrected chi connectivity index (χ4v) is 12.7. The zero-order valence-electron chi connectivity index (χ0n) is 71.4. The second-order valence-electron chi connectivity index (χ2n) is 24.4. The number of aromatic hydroxyl groups is 2. The van der Waals surface area contributed by atoms with E-state index in [2.05, 4.69) is 61.2 Å².